The van der Waals surface area contributed by atoms with Gasteiger partial charge in [0.05, 0.1) is 18.0 Å². The number of benzene rings is 1. The van der Waals surface area contributed by atoms with E-state index in [2.05, 4.69) is 22.1 Å². The third-order valence-electron chi connectivity index (χ3n) is 6.06. The number of likely N-dealkylation sites (tertiary alicyclic amines) is 1. The number of ether oxygens (including phenoxy) is 1. The number of nitrogens with zero attached hydrogens (tertiary/aromatic N) is 3. The van der Waals surface area contributed by atoms with Gasteiger partial charge in [-0.2, -0.15) is 0 Å². The molecule has 4 heterocycles. The number of hydrogen-bond donors (Lipinski definition) is 1. The van der Waals surface area contributed by atoms with Gasteiger partial charge in [-0.3, -0.25) is 9.69 Å². The highest BCUT2D eigenvalue weighted by atomic mass is 16.5. The van der Waals surface area contributed by atoms with Crippen LogP contribution in [0.3, 0.4) is 0 Å². The first-order valence-electron chi connectivity index (χ1n) is 11.4. The zero-order valence-electron chi connectivity index (χ0n) is 18.7. The Morgan fingerprint density at radius 3 is 2.70 bits per heavy atom. The summed E-state index contributed by atoms with van der Waals surface area (Å²) >= 11 is 0. The Bertz CT molecular complexity index is 1210. The largest absolute Gasteiger partial charge is 0.487 e. The van der Waals surface area contributed by atoms with Gasteiger partial charge in [-0.1, -0.05) is 6.07 Å². The molecule has 5 rings (SSSR count). The third kappa shape index (κ3) is 4.93. The predicted octanol–water partition coefficient (Wildman–Crippen LogP) is 4.38. The van der Waals surface area contributed by atoms with Crippen LogP contribution in [0, 0.1) is 6.92 Å². The molecule has 1 aromatic carbocycles. The van der Waals surface area contributed by atoms with Crippen LogP contribution >= 0.6 is 0 Å². The molecule has 0 radical (unpaired) electrons. The number of imidazole rings is 1. The van der Waals surface area contributed by atoms with E-state index in [0.29, 0.717) is 24.5 Å². The number of aromatic nitrogens is 2. The smallest absolute Gasteiger partial charge is 0.251 e. The van der Waals surface area contributed by atoms with E-state index in [9.17, 15) is 4.79 Å². The first-order valence-corrected chi connectivity index (χ1v) is 11.4. The van der Waals surface area contributed by atoms with Gasteiger partial charge in [0.25, 0.3) is 5.91 Å². The van der Waals surface area contributed by atoms with Gasteiger partial charge >= 0.3 is 0 Å². The van der Waals surface area contributed by atoms with Gasteiger partial charge in [0, 0.05) is 24.5 Å². The van der Waals surface area contributed by atoms with Crippen LogP contribution < -0.4 is 10.1 Å². The maximum absolute atomic E-state index is 12.7. The number of carbonyl (C=O) groups is 1. The van der Waals surface area contributed by atoms with E-state index in [1.54, 1.807) is 18.4 Å². The minimum Gasteiger partial charge on any atom is -0.487 e. The average Bonchev–Trinajstić information content (AvgIpc) is 3.60. The zero-order valence-corrected chi connectivity index (χ0v) is 18.7. The van der Waals surface area contributed by atoms with Gasteiger partial charge in [-0.05, 0) is 80.9 Å². The normalized spacial score (nSPS) is 15.1. The van der Waals surface area contributed by atoms with Crippen LogP contribution in [0.4, 0.5) is 0 Å². The molecule has 0 aliphatic carbocycles. The average molecular weight is 445 g/mol. The molecule has 0 spiro atoms. The van der Waals surface area contributed by atoms with E-state index >= 15 is 0 Å². The maximum atomic E-state index is 12.7. The van der Waals surface area contributed by atoms with Crippen molar-refractivity contribution in [3.8, 4) is 5.75 Å². The summed E-state index contributed by atoms with van der Waals surface area (Å²) in [5.74, 6) is 1.49. The number of hydrogen-bond acceptors (Lipinski definition) is 5. The minimum atomic E-state index is -0.104. The molecule has 3 aromatic heterocycles. The van der Waals surface area contributed by atoms with Crippen molar-refractivity contribution < 1.29 is 13.9 Å². The van der Waals surface area contributed by atoms with Crippen molar-refractivity contribution in [2.24, 2.45) is 0 Å². The number of fused-ring (bicyclic) bond motifs is 1. The van der Waals surface area contributed by atoms with Crippen LogP contribution in [0.5, 0.6) is 5.75 Å². The molecule has 1 aliphatic rings. The van der Waals surface area contributed by atoms with Crippen LogP contribution in [0.2, 0.25) is 0 Å². The Morgan fingerprint density at radius 2 is 1.94 bits per heavy atom. The standard InChI is InChI=1S/C26H28N4O3/c1-19-6-11-25-28-21(17-30(25)16-19)18-33-22-9-7-20(8-10-22)26(31)27-15-23(24-5-4-14-32-24)29-12-2-3-13-29/h4-11,14,16-17,23H,2-3,12-13,15,18H2,1H3,(H,27,31). The summed E-state index contributed by atoms with van der Waals surface area (Å²) in [6.07, 6.45) is 8.06. The van der Waals surface area contributed by atoms with Gasteiger partial charge in [0.15, 0.2) is 0 Å². The molecule has 170 valence electrons. The molecule has 0 bridgehead atoms. The molecule has 1 saturated heterocycles. The van der Waals surface area contributed by atoms with Crippen molar-refractivity contribution >= 4 is 11.6 Å². The summed E-state index contributed by atoms with van der Waals surface area (Å²) in [7, 11) is 0. The summed E-state index contributed by atoms with van der Waals surface area (Å²) in [4.78, 5) is 19.7. The monoisotopic (exact) mass is 444 g/mol. The number of nitrogens with one attached hydrogen (secondary N) is 1. The van der Waals surface area contributed by atoms with Crippen molar-refractivity contribution in [1.82, 2.24) is 19.6 Å². The summed E-state index contributed by atoms with van der Waals surface area (Å²) in [6, 6.07) is 15.2. The van der Waals surface area contributed by atoms with Crippen molar-refractivity contribution in [2.45, 2.75) is 32.4 Å². The fraction of sp³-hybridized carbons (Fsp3) is 0.308. The first kappa shape index (κ1) is 21.3. The van der Waals surface area contributed by atoms with Crippen LogP contribution in [0.25, 0.3) is 5.65 Å². The Hall–Kier alpha value is -3.58. The van der Waals surface area contributed by atoms with Crippen molar-refractivity contribution in [1.29, 1.82) is 0 Å². The van der Waals surface area contributed by atoms with Gasteiger partial charge in [-0.25, -0.2) is 4.98 Å². The lowest BCUT2D eigenvalue weighted by molar-refractivity contribution is 0.0933. The molecule has 1 atom stereocenters. The number of aryl methyl sites for hydroxylation is 1. The van der Waals surface area contributed by atoms with Crippen molar-refractivity contribution in [3.63, 3.8) is 0 Å². The number of amides is 1. The molecular formula is C26H28N4O3. The summed E-state index contributed by atoms with van der Waals surface area (Å²) in [6.45, 7) is 4.99. The van der Waals surface area contributed by atoms with Crippen LogP contribution in [0.15, 0.2) is 71.6 Å². The molecule has 1 unspecified atom stereocenters. The lowest BCUT2D eigenvalue weighted by atomic mass is 10.1. The van der Waals surface area contributed by atoms with Crippen LogP contribution in [-0.2, 0) is 6.61 Å². The van der Waals surface area contributed by atoms with Crippen molar-refractivity contribution in [3.05, 3.63) is 89.8 Å². The van der Waals surface area contributed by atoms with E-state index in [1.165, 1.54) is 18.4 Å². The Balaban J connectivity index is 1.17. The maximum Gasteiger partial charge on any atom is 0.251 e. The summed E-state index contributed by atoms with van der Waals surface area (Å²) < 4.78 is 13.5. The second-order valence-corrected chi connectivity index (χ2v) is 8.50. The Labute approximate surface area is 193 Å². The van der Waals surface area contributed by atoms with E-state index in [4.69, 9.17) is 9.15 Å². The highest BCUT2D eigenvalue weighted by Crippen LogP contribution is 2.25. The van der Waals surface area contributed by atoms with Crippen LogP contribution in [-0.4, -0.2) is 39.8 Å². The minimum absolute atomic E-state index is 0.0586. The molecule has 1 N–H and O–H groups in total. The topological polar surface area (TPSA) is 72.0 Å². The van der Waals surface area contributed by atoms with Gasteiger partial charge < -0.3 is 18.9 Å². The number of pyridine rings is 1. The molecule has 0 saturated carbocycles. The second-order valence-electron chi connectivity index (χ2n) is 8.50. The number of furan rings is 1. The molecular weight excluding hydrogens is 416 g/mol. The lowest BCUT2D eigenvalue weighted by Gasteiger charge is -2.26. The molecule has 7 heteroatoms. The van der Waals surface area contributed by atoms with Crippen molar-refractivity contribution in [2.75, 3.05) is 19.6 Å². The second kappa shape index (κ2) is 9.50. The number of rotatable bonds is 8. The first-order chi connectivity index (χ1) is 16.2. The van der Waals surface area contributed by atoms with Gasteiger partial charge in [-0.15, -0.1) is 0 Å². The summed E-state index contributed by atoms with van der Waals surface area (Å²) in [5.41, 5.74) is 3.53. The molecule has 1 aliphatic heterocycles. The SMILES string of the molecule is Cc1ccc2nc(COc3ccc(C(=O)NCC(c4ccco4)N4CCCC4)cc3)cn2c1. The number of carbonyl (C=O) groups excluding carboxylic acids is 1. The van der Waals surface area contributed by atoms with E-state index < -0.39 is 0 Å². The van der Waals surface area contributed by atoms with E-state index in [0.717, 1.165) is 30.2 Å². The quantitative estimate of drug-likeness (QED) is 0.437. The van der Waals surface area contributed by atoms with E-state index in [-0.39, 0.29) is 11.9 Å². The fourth-order valence-electron chi connectivity index (χ4n) is 4.32. The molecule has 1 fully saturated rings. The van der Waals surface area contributed by atoms with Crippen LogP contribution in [0.1, 0.15) is 46.3 Å². The third-order valence-corrected chi connectivity index (χ3v) is 6.06. The molecule has 4 aromatic rings. The molecule has 1 amide bonds. The molecule has 33 heavy (non-hydrogen) atoms. The molecule has 7 nitrogen and oxygen atoms in total. The predicted molar refractivity (Wildman–Crippen MR) is 125 cm³/mol. The summed E-state index contributed by atoms with van der Waals surface area (Å²) in [5, 5.41) is 3.07. The fourth-order valence-corrected chi connectivity index (χ4v) is 4.32. The van der Waals surface area contributed by atoms with Gasteiger partial charge in [0.1, 0.15) is 23.8 Å². The Kier molecular flexibility index (Phi) is 6.13. The highest BCUT2D eigenvalue weighted by Gasteiger charge is 2.26. The highest BCUT2D eigenvalue weighted by molar-refractivity contribution is 5.94. The lowest BCUT2D eigenvalue weighted by Crippen LogP contribution is -2.36. The zero-order chi connectivity index (χ0) is 22.6. The Morgan fingerprint density at radius 1 is 1.12 bits per heavy atom. The van der Waals surface area contributed by atoms with Gasteiger partial charge in [0.2, 0.25) is 0 Å². The van der Waals surface area contributed by atoms with E-state index in [1.807, 2.05) is 53.2 Å².